The molecule has 7 heteroatoms. The second-order valence-corrected chi connectivity index (χ2v) is 5.69. The highest BCUT2D eigenvalue weighted by Crippen LogP contribution is 2.16. The van der Waals surface area contributed by atoms with Crippen molar-refractivity contribution in [2.24, 2.45) is 0 Å². The molecule has 0 spiro atoms. The van der Waals surface area contributed by atoms with Gasteiger partial charge in [-0.05, 0) is 29.8 Å². The number of carbonyl (C=O) groups is 1. The standard InChI is InChI=1S/C7H11BrO5S/c1-5(8)6(9)13-7(2,3)4-14(10,11)12/h1,4H2,2-3H3,(H,10,11,12). The van der Waals surface area contributed by atoms with Crippen molar-refractivity contribution in [3.05, 3.63) is 11.1 Å². The van der Waals surface area contributed by atoms with Crippen molar-refractivity contribution in [3.63, 3.8) is 0 Å². The van der Waals surface area contributed by atoms with Crippen LogP contribution in [0.4, 0.5) is 0 Å². The highest BCUT2D eigenvalue weighted by molar-refractivity contribution is 9.12. The Morgan fingerprint density at radius 1 is 1.57 bits per heavy atom. The Morgan fingerprint density at radius 2 is 2.00 bits per heavy atom. The lowest BCUT2D eigenvalue weighted by atomic mass is 10.2. The number of rotatable bonds is 4. The highest BCUT2D eigenvalue weighted by Gasteiger charge is 2.29. The Bertz CT molecular complexity index is 343. The highest BCUT2D eigenvalue weighted by atomic mass is 79.9. The van der Waals surface area contributed by atoms with Crippen molar-refractivity contribution < 1.29 is 22.5 Å². The Balaban J connectivity index is 4.51. The van der Waals surface area contributed by atoms with Gasteiger partial charge in [0, 0.05) is 0 Å². The summed E-state index contributed by atoms with van der Waals surface area (Å²) in [7, 11) is -4.18. The van der Waals surface area contributed by atoms with Crippen molar-refractivity contribution in [1.82, 2.24) is 0 Å². The van der Waals surface area contributed by atoms with E-state index in [1.54, 1.807) is 0 Å². The lowest BCUT2D eigenvalue weighted by Crippen LogP contribution is -2.35. The van der Waals surface area contributed by atoms with E-state index in [1.807, 2.05) is 0 Å². The second-order valence-electron chi connectivity index (χ2n) is 3.28. The average Bonchev–Trinajstić information content (AvgIpc) is 1.78. The van der Waals surface area contributed by atoms with Gasteiger partial charge in [0.15, 0.2) is 0 Å². The van der Waals surface area contributed by atoms with E-state index in [9.17, 15) is 13.2 Å². The van der Waals surface area contributed by atoms with E-state index in [1.165, 1.54) is 13.8 Å². The third-order valence-corrected chi connectivity index (χ3v) is 2.50. The smallest absolute Gasteiger partial charge is 0.345 e. The van der Waals surface area contributed by atoms with Crippen LogP contribution in [-0.2, 0) is 19.6 Å². The van der Waals surface area contributed by atoms with Gasteiger partial charge in [-0.15, -0.1) is 0 Å². The molecule has 0 saturated carbocycles. The van der Waals surface area contributed by atoms with Crippen molar-refractivity contribution >= 4 is 32.0 Å². The third kappa shape index (κ3) is 6.11. The quantitative estimate of drug-likeness (QED) is 0.476. The minimum atomic E-state index is -4.18. The molecule has 0 rings (SSSR count). The van der Waals surface area contributed by atoms with Gasteiger partial charge in [-0.3, -0.25) is 4.55 Å². The van der Waals surface area contributed by atoms with Gasteiger partial charge in [0.1, 0.15) is 11.4 Å². The maximum atomic E-state index is 11.0. The first-order valence-electron chi connectivity index (χ1n) is 3.56. The van der Waals surface area contributed by atoms with E-state index < -0.39 is 27.4 Å². The van der Waals surface area contributed by atoms with Crippen LogP contribution in [-0.4, -0.2) is 30.3 Å². The molecule has 0 aliphatic carbocycles. The first-order valence-corrected chi connectivity index (χ1v) is 5.97. The molecule has 0 aromatic heterocycles. The average molecular weight is 287 g/mol. The molecule has 0 heterocycles. The Morgan fingerprint density at radius 3 is 2.29 bits per heavy atom. The van der Waals surface area contributed by atoms with Gasteiger partial charge in [-0.1, -0.05) is 6.58 Å². The topological polar surface area (TPSA) is 80.7 Å². The molecule has 0 aromatic rings. The summed E-state index contributed by atoms with van der Waals surface area (Å²) in [6, 6.07) is 0. The molecule has 0 aliphatic rings. The van der Waals surface area contributed by atoms with Crippen LogP contribution in [0.15, 0.2) is 11.1 Å². The van der Waals surface area contributed by atoms with Crippen LogP contribution in [0.2, 0.25) is 0 Å². The van der Waals surface area contributed by atoms with Crippen molar-refractivity contribution in [3.8, 4) is 0 Å². The van der Waals surface area contributed by atoms with Crippen LogP contribution in [0, 0.1) is 0 Å². The molecule has 0 saturated heterocycles. The summed E-state index contributed by atoms with van der Waals surface area (Å²) < 4.78 is 34.3. The number of carbonyl (C=O) groups excluding carboxylic acids is 1. The fraction of sp³-hybridized carbons (Fsp3) is 0.571. The molecule has 0 fully saturated rings. The first kappa shape index (κ1) is 13.6. The zero-order valence-electron chi connectivity index (χ0n) is 7.78. The summed E-state index contributed by atoms with van der Waals surface area (Å²) in [5, 5.41) is 0. The van der Waals surface area contributed by atoms with Crippen molar-refractivity contribution in [1.29, 1.82) is 0 Å². The number of hydrogen-bond acceptors (Lipinski definition) is 4. The molecule has 0 amide bonds. The molecule has 82 valence electrons. The Hall–Kier alpha value is -0.400. The summed E-state index contributed by atoms with van der Waals surface area (Å²) in [5.41, 5.74) is -1.29. The lowest BCUT2D eigenvalue weighted by Gasteiger charge is -2.23. The first-order chi connectivity index (χ1) is 6.03. The maximum Gasteiger partial charge on any atom is 0.345 e. The van der Waals surface area contributed by atoms with Crippen LogP contribution in [0.1, 0.15) is 13.8 Å². The van der Waals surface area contributed by atoms with E-state index in [0.717, 1.165) is 0 Å². The van der Waals surface area contributed by atoms with Gasteiger partial charge in [0.2, 0.25) is 0 Å². The van der Waals surface area contributed by atoms with Crippen molar-refractivity contribution in [2.75, 3.05) is 5.75 Å². The van der Waals surface area contributed by atoms with Crippen LogP contribution >= 0.6 is 15.9 Å². The van der Waals surface area contributed by atoms with E-state index >= 15 is 0 Å². The molecule has 0 aliphatic heterocycles. The monoisotopic (exact) mass is 286 g/mol. The molecule has 0 radical (unpaired) electrons. The molecule has 0 aromatic carbocycles. The van der Waals surface area contributed by atoms with E-state index in [2.05, 4.69) is 22.5 Å². The molecular weight excluding hydrogens is 276 g/mol. The van der Waals surface area contributed by atoms with Gasteiger partial charge in [0.05, 0.1) is 4.48 Å². The predicted octanol–water partition coefficient (Wildman–Crippen LogP) is 1.10. The summed E-state index contributed by atoms with van der Waals surface area (Å²) in [5.74, 6) is -1.43. The zero-order chi connectivity index (χ0) is 11.6. The van der Waals surface area contributed by atoms with Crippen molar-refractivity contribution in [2.45, 2.75) is 19.4 Å². The van der Waals surface area contributed by atoms with Gasteiger partial charge in [0.25, 0.3) is 10.1 Å². The largest absolute Gasteiger partial charge is 0.455 e. The summed E-state index contributed by atoms with van der Waals surface area (Å²) >= 11 is 2.79. The minimum Gasteiger partial charge on any atom is -0.455 e. The predicted molar refractivity (Wildman–Crippen MR) is 54.7 cm³/mol. The lowest BCUT2D eigenvalue weighted by molar-refractivity contribution is -0.148. The number of hydrogen-bond donors (Lipinski definition) is 1. The number of halogens is 1. The van der Waals surface area contributed by atoms with Gasteiger partial charge < -0.3 is 4.74 Å². The third-order valence-electron chi connectivity index (χ3n) is 1.12. The fourth-order valence-electron chi connectivity index (χ4n) is 0.775. The second kappa shape index (κ2) is 4.41. The molecule has 0 bridgehead atoms. The SMILES string of the molecule is C=C(Br)C(=O)OC(C)(C)CS(=O)(=O)O. The van der Waals surface area contributed by atoms with Crippen LogP contribution < -0.4 is 0 Å². The fourth-order valence-corrected chi connectivity index (χ4v) is 1.79. The van der Waals surface area contributed by atoms with Crippen LogP contribution in [0.25, 0.3) is 0 Å². The maximum absolute atomic E-state index is 11.0. The molecular formula is C7H11BrO5S. The zero-order valence-corrected chi connectivity index (χ0v) is 10.2. The van der Waals surface area contributed by atoms with E-state index in [-0.39, 0.29) is 4.48 Å². The van der Waals surface area contributed by atoms with Gasteiger partial charge >= 0.3 is 5.97 Å². The molecule has 1 N–H and O–H groups in total. The minimum absolute atomic E-state index is 0.0130. The molecule has 14 heavy (non-hydrogen) atoms. The Kier molecular flexibility index (Phi) is 4.29. The van der Waals surface area contributed by atoms with E-state index in [0.29, 0.717) is 0 Å². The molecule has 0 atom stereocenters. The Labute approximate surface area is 91.0 Å². The van der Waals surface area contributed by atoms with Gasteiger partial charge in [-0.25, -0.2) is 4.79 Å². The number of esters is 1. The normalized spacial score (nSPS) is 12.3. The summed E-state index contributed by atoms with van der Waals surface area (Å²) in [6.07, 6.45) is 0. The molecule has 5 nitrogen and oxygen atoms in total. The van der Waals surface area contributed by atoms with E-state index in [4.69, 9.17) is 9.29 Å². The van der Waals surface area contributed by atoms with Gasteiger partial charge in [-0.2, -0.15) is 8.42 Å². The summed E-state index contributed by atoms with van der Waals surface area (Å²) in [6.45, 7) is 6.01. The molecule has 0 unspecified atom stereocenters. The number of ether oxygens (including phenoxy) is 1. The van der Waals surface area contributed by atoms with Crippen LogP contribution in [0.5, 0.6) is 0 Å². The van der Waals surface area contributed by atoms with Crippen LogP contribution in [0.3, 0.4) is 0 Å². The summed E-state index contributed by atoms with van der Waals surface area (Å²) in [4.78, 5) is 11.0.